The van der Waals surface area contributed by atoms with Crippen molar-refractivity contribution in [2.24, 2.45) is 0 Å². The fourth-order valence-corrected chi connectivity index (χ4v) is 3.17. The van der Waals surface area contributed by atoms with E-state index in [0.717, 1.165) is 0 Å². The fourth-order valence-electron chi connectivity index (χ4n) is 1.96. The second kappa shape index (κ2) is 8.53. The Morgan fingerprint density at radius 1 is 1.36 bits per heavy atom. The molecule has 2 N–H and O–H groups in total. The van der Waals surface area contributed by atoms with E-state index in [9.17, 15) is 9.36 Å². The Kier molecular flexibility index (Phi) is 7.36. The molecule has 0 saturated carbocycles. The van der Waals surface area contributed by atoms with Gasteiger partial charge in [0.2, 0.25) is 0 Å². The zero-order valence-corrected chi connectivity index (χ0v) is 14.1. The number of carbonyl (C=O) groups is 1. The van der Waals surface area contributed by atoms with E-state index in [-0.39, 0.29) is 6.42 Å². The van der Waals surface area contributed by atoms with Gasteiger partial charge in [0.15, 0.2) is 0 Å². The number of methoxy groups -OCH3 is 1. The van der Waals surface area contributed by atoms with E-state index >= 15 is 0 Å². The van der Waals surface area contributed by atoms with Gasteiger partial charge in [0, 0.05) is 6.07 Å². The lowest BCUT2D eigenvalue weighted by atomic mass is 10.1. The van der Waals surface area contributed by atoms with Crippen LogP contribution in [-0.4, -0.2) is 34.9 Å². The van der Waals surface area contributed by atoms with E-state index in [1.807, 2.05) is 0 Å². The maximum absolute atomic E-state index is 11.2. The number of ether oxygens (including phenoxy) is 2. The molecule has 0 fully saturated rings. The minimum absolute atomic E-state index is 0.138. The van der Waals surface area contributed by atoms with Crippen LogP contribution in [0.3, 0.4) is 0 Å². The number of ketones is 1. The van der Waals surface area contributed by atoms with E-state index in [2.05, 4.69) is 0 Å². The molecule has 0 amide bonds. The minimum atomic E-state index is -4.38. The molecular weight excluding hydrogens is 331 g/mol. The first kappa shape index (κ1) is 19.0. The molecule has 0 aliphatic rings. The molecule has 1 aromatic carbocycles. The predicted octanol–water partition coefficient (Wildman–Crippen LogP) is 3.03. The lowest BCUT2D eigenvalue weighted by molar-refractivity contribution is -0.117. The summed E-state index contributed by atoms with van der Waals surface area (Å²) in [6.07, 6.45) is 1.18. The maximum atomic E-state index is 11.2. The highest BCUT2D eigenvalue weighted by molar-refractivity contribution is 7.53. The van der Waals surface area contributed by atoms with E-state index in [0.29, 0.717) is 36.0 Å². The maximum Gasteiger partial charge on any atom is 0.335 e. The quantitative estimate of drug-likeness (QED) is 0.525. The molecule has 0 saturated heterocycles. The summed E-state index contributed by atoms with van der Waals surface area (Å²) < 4.78 is 21.7. The predicted molar refractivity (Wildman–Crippen MR) is 83.9 cm³/mol. The second-order valence-corrected chi connectivity index (χ2v) is 7.06. The van der Waals surface area contributed by atoms with Crippen molar-refractivity contribution in [3.05, 3.63) is 23.2 Å². The van der Waals surface area contributed by atoms with Crippen LogP contribution in [0.25, 0.3) is 0 Å². The Bertz CT molecular complexity index is 556. The van der Waals surface area contributed by atoms with Crippen LogP contribution in [0.2, 0.25) is 5.02 Å². The highest BCUT2D eigenvalue weighted by atomic mass is 35.5. The first-order chi connectivity index (χ1) is 10.3. The van der Waals surface area contributed by atoms with Crippen molar-refractivity contribution in [1.82, 2.24) is 0 Å². The zero-order valence-electron chi connectivity index (χ0n) is 12.5. The minimum Gasteiger partial charge on any atom is -0.497 e. The SMILES string of the molecule is COc1ccc(OCCCCC(C(C)=O)P(=O)(O)O)c(Cl)c1. The average molecular weight is 351 g/mol. The van der Waals surface area contributed by atoms with Crippen LogP contribution in [0.4, 0.5) is 0 Å². The third-order valence-electron chi connectivity index (χ3n) is 3.14. The molecule has 0 aromatic heterocycles. The molecule has 1 unspecified atom stereocenters. The summed E-state index contributed by atoms with van der Waals surface area (Å²) in [5.74, 6) is 0.649. The average Bonchev–Trinajstić information content (AvgIpc) is 2.42. The molecule has 0 radical (unpaired) electrons. The molecular formula is C14H20ClO6P. The lowest BCUT2D eigenvalue weighted by Crippen LogP contribution is -2.18. The van der Waals surface area contributed by atoms with Gasteiger partial charge in [-0.05, 0) is 38.3 Å². The van der Waals surface area contributed by atoms with Crippen molar-refractivity contribution in [2.45, 2.75) is 31.8 Å². The first-order valence-corrected chi connectivity index (χ1v) is 8.83. The van der Waals surface area contributed by atoms with E-state index in [4.69, 9.17) is 30.9 Å². The Labute approximate surface area is 134 Å². The molecule has 1 atom stereocenters. The van der Waals surface area contributed by atoms with Crippen LogP contribution < -0.4 is 9.47 Å². The third kappa shape index (κ3) is 5.97. The third-order valence-corrected chi connectivity index (χ3v) is 4.87. The molecule has 0 bridgehead atoms. The fraction of sp³-hybridized carbons (Fsp3) is 0.500. The normalized spacial score (nSPS) is 12.8. The van der Waals surface area contributed by atoms with Crippen molar-refractivity contribution in [1.29, 1.82) is 0 Å². The summed E-state index contributed by atoms with van der Waals surface area (Å²) in [5.41, 5.74) is -1.22. The first-order valence-electron chi connectivity index (χ1n) is 6.77. The molecule has 6 nitrogen and oxygen atoms in total. The van der Waals surface area contributed by atoms with Crippen LogP contribution in [-0.2, 0) is 9.36 Å². The monoisotopic (exact) mass is 350 g/mol. The van der Waals surface area contributed by atoms with Gasteiger partial charge < -0.3 is 19.3 Å². The van der Waals surface area contributed by atoms with Gasteiger partial charge in [0.1, 0.15) is 22.9 Å². The van der Waals surface area contributed by atoms with Crippen LogP contribution in [0.15, 0.2) is 18.2 Å². The highest BCUT2D eigenvalue weighted by Gasteiger charge is 2.32. The number of Topliss-reactive ketones (excluding diaryl/α,β-unsaturated/α-hetero) is 1. The summed E-state index contributed by atoms with van der Waals surface area (Å²) in [6.45, 7) is 1.54. The van der Waals surface area contributed by atoms with Gasteiger partial charge in [-0.3, -0.25) is 9.36 Å². The molecule has 22 heavy (non-hydrogen) atoms. The van der Waals surface area contributed by atoms with Crippen molar-refractivity contribution in [3.63, 3.8) is 0 Å². The number of carbonyl (C=O) groups excluding carboxylic acids is 1. The summed E-state index contributed by atoms with van der Waals surface area (Å²) in [5, 5.41) is 0.427. The van der Waals surface area contributed by atoms with Crippen molar-refractivity contribution in [2.75, 3.05) is 13.7 Å². The van der Waals surface area contributed by atoms with Gasteiger partial charge in [0.05, 0.1) is 18.7 Å². The summed E-state index contributed by atoms with van der Waals surface area (Å²) in [4.78, 5) is 29.4. The molecule has 1 rings (SSSR count). The van der Waals surface area contributed by atoms with Gasteiger partial charge in [-0.25, -0.2) is 0 Å². The topological polar surface area (TPSA) is 93.1 Å². The standard InChI is InChI=1S/C14H20ClO6P/c1-10(16)14(22(17,18)19)5-3-4-8-21-13-7-6-11(20-2)9-12(13)15/h6-7,9,14H,3-5,8H2,1-2H3,(H2,17,18,19). The van der Waals surface area contributed by atoms with Crippen molar-refractivity contribution < 1.29 is 28.6 Å². The summed E-state index contributed by atoms with van der Waals surface area (Å²) in [6, 6.07) is 5.05. The largest absolute Gasteiger partial charge is 0.497 e. The van der Waals surface area contributed by atoms with E-state index in [1.165, 1.54) is 6.92 Å². The number of unbranched alkanes of at least 4 members (excludes halogenated alkanes) is 1. The number of rotatable bonds is 9. The summed E-state index contributed by atoms with van der Waals surface area (Å²) >= 11 is 6.02. The molecule has 0 aliphatic carbocycles. The Balaban J connectivity index is 2.39. The summed E-state index contributed by atoms with van der Waals surface area (Å²) in [7, 11) is -2.84. The zero-order chi connectivity index (χ0) is 16.8. The van der Waals surface area contributed by atoms with Gasteiger partial charge in [0.25, 0.3) is 0 Å². The van der Waals surface area contributed by atoms with E-state index < -0.39 is 19.0 Å². The van der Waals surface area contributed by atoms with Crippen LogP contribution >= 0.6 is 19.2 Å². The van der Waals surface area contributed by atoms with Gasteiger partial charge in [-0.2, -0.15) is 0 Å². The number of hydrogen-bond donors (Lipinski definition) is 2. The molecule has 0 spiro atoms. The van der Waals surface area contributed by atoms with Crippen LogP contribution in [0.1, 0.15) is 26.2 Å². The molecule has 124 valence electrons. The van der Waals surface area contributed by atoms with Crippen molar-refractivity contribution in [3.8, 4) is 11.5 Å². The van der Waals surface area contributed by atoms with Gasteiger partial charge in [-0.1, -0.05) is 11.6 Å². The molecule has 8 heteroatoms. The van der Waals surface area contributed by atoms with Crippen LogP contribution in [0.5, 0.6) is 11.5 Å². The molecule has 1 aromatic rings. The van der Waals surface area contributed by atoms with Gasteiger partial charge in [-0.15, -0.1) is 0 Å². The Hall–Kier alpha value is -1.07. The van der Waals surface area contributed by atoms with Gasteiger partial charge >= 0.3 is 7.60 Å². The van der Waals surface area contributed by atoms with E-state index in [1.54, 1.807) is 25.3 Å². The van der Waals surface area contributed by atoms with Crippen LogP contribution in [0, 0.1) is 0 Å². The number of benzene rings is 1. The highest BCUT2D eigenvalue weighted by Crippen LogP contribution is 2.44. The van der Waals surface area contributed by atoms with Crippen molar-refractivity contribution >= 4 is 25.0 Å². The lowest BCUT2D eigenvalue weighted by Gasteiger charge is -2.15. The Morgan fingerprint density at radius 3 is 2.55 bits per heavy atom. The Morgan fingerprint density at radius 2 is 2.05 bits per heavy atom. The number of hydrogen-bond acceptors (Lipinski definition) is 4. The number of halogens is 1. The smallest absolute Gasteiger partial charge is 0.335 e. The molecule has 0 heterocycles. The molecule has 0 aliphatic heterocycles. The second-order valence-electron chi connectivity index (χ2n) is 4.86.